The van der Waals surface area contributed by atoms with Crippen LogP contribution in [0.1, 0.15) is 65.2 Å². The number of nitrogens with zero attached hydrogens (tertiary/aromatic N) is 1. The van der Waals surface area contributed by atoms with Crippen LogP contribution in [0.15, 0.2) is 0 Å². The predicted molar refractivity (Wildman–Crippen MR) is 77.2 cm³/mol. The first-order valence-electron chi connectivity index (χ1n) is 8.00. The van der Waals surface area contributed by atoms with Crippen molar-refractivity contribution >= 4 is 5.97 Å². The smallest absolute Gasteiger partial charge is 0.305 e. The topological polar surface area (TPSA) is 40.5 Å². The van der Waals surface area contributed by atoms with Gasteiger partial charge in [0.1, 0.15) is 0 Å². The van der Waals surface area contributed by atoms with E-state index in [1.165, 1.54) is 32.1 Å². The Labute approximate surface area is 117 Å². The average Bonchev–Trinajstić information content (AvgIpc) is 2.39. The Morgan fingerprint density at radius 2 is 1.79 bits per heavy atom. The van der Waals surface area contributed by atoms with E-state index in [1.807, 2.05) is 0 Å². The van der Waals surface area contributed by atoms with Gasteiger partial charge in [-0.05, 0) is 63.5 Å². The van der Waals surface area contributed by atoms with Crippen LogP contribution in [0.5, 0.6) is 0 Å². The van der Waals surface area contributed by atoms with Crippen molar-refractivity contribution < 1.29 is 9.90 Å². The van der Waals surface area contributed by atoms with Gasteiger partial charge in [-0.1, -0.05) is 20.3 Å². The van der Waals surface area contributed by atoms with Crippen molar-refractivity contribution in [2.45, 2.75) is 70.8 Å². The number of hydrogen-bond donors (Lipinski definition) is 1. The standard InChI is InChI=1S/C16H29NO2/c1-13(2)14-6-8-16(9-7-14,12-15(18)19)17-10-4-3-5-11-17/h13-14H,3-12H2,1-2H3,(H,18,19). The van der Waals surface area contributed by atoms with E-state index in [0.29, 0.717) is 6.42 Å². The quantitative estimate of drug-likeness (QED) is 0.847. The lowest BCUT2D eigenvalue weighted by atomic mass is 9.70. The molecule has 0 radical (unpaired) electrons. The lowest BCUT2D eigenvalue weighted by molar-refractivity contribution is -0.142. The van der Waals surface area contributed by atoms with E-state index in [9.17, 15) is 9.90 Å². The first-order chi connectivity index (χ1) is 9.03. The molecular formula is C16H29NO2. The minimum atomic E-state index is -0.617. The average molecular weight is 267 g/mol. The van der Waals surface area contributed by atoms with Crippen molar-refractivity contribution in [3.8, 4) is 0 Å². The molecule has 1 saturated carbocycles. The van der Waals surface area contributed by atoms with Crippen molar-refractivity contribution in [2.24, 2.45) is 11.8 Å². The second-order valence-corrected chi connectivity index (χ2v) is 6.92. The number of hydrogen-bond acceptors (Lipinski definition) is 2. The lowest BCUT2D eigenvalue weighted by Crippen LogP contribution is -2.54. The van der Waals surface area contributed by atoms with Crippen molar-refractivity contribution in [1.82, 2.24) is 4.90 Å². The van der Waals surface area contributed by atoms with Crippen LogP contribution in [0.3, 0.4) is 0 Å². The third-order valence-electron chi connectivity index (χ3n) is 5.41. The van der Waals surface area contributed by atoms with Crippen LogP contribution in [-0.2, 0) is 4.79 Å². The van der Waals surface area contributed by atoms with Crippen molar-refractivity contribution in [3.05, 3.63) is 0 Å². The zero-order valence-corrected chi connectivity index (χ0v) is 12.5. The summed E-state index contributed by atoms with van der Waals surface area (Å²) in [5.41, 5.74) is -0.0301. The van der Waals surface area contributed by atoms with E-state index in [-0.39, 0.29) is 5.54 Å². The van der Waals surface area contributed by atoms with Gasteiger partial charge in [-0.15, -0.1) is 0 Å². The van der Waals surface area contributed by atoms with E-state index in [2.05, 4.69) is 18.7 Å². The number of piperidine rings is 1. The minimum absolute atomic E-state index is 0.0301. The van der Waals surface area contributed by atoms with Gasteiger partial charge in [-0.2, -0.15) is 0 Å². The third kappa shape index (κ3) is 3.50. The summed E-state index contributed by atoms with van der Waals surface area (Å²) in [6, 6.07) is 0. The summed E-state index contributed by atoms with van der Waals surface area (Å²) in [6.07, 6.45) is 8.74. The molecule has 110 valence electrons. The van der Waals surface area contributed by atoms with Crippen molar-refractivity contribution in [3.63, 3.8) is 0 Å². The number of likely N-dealkylation sites (tertiary alicyclic amines) is 1. The van der Waals surface area contributed by atoms with E-state index in [0.717, 1.165) is 37.8 Å². The highest BCUT2D eigenvalue weighted by molar-refractivity contribution is 5.68. The number of aliphatic carboxylic acids is 1. The highest BCUT2D eigenvalue weighted by atomic mass is 16.4. The molecule has 0 aromatic heterocycles. The maximum atomic E-state index is 11.3. The molecule has 1 heterocycles. The first kappa shape index (κ1) is 14.8. The molecule has 1 aliphatic carbocycles. The third-order valence-corrected chi connectivity index (χ3v) is 5.41. The number of rotatable bonds is 4. The lowest BCUT2D eigenvalue weighted by Gasteiger charge is -2.49. The van der Waals surface area contributed by atoms with Crippen LogP contribution < -0.4 is 0 Å². The van der Waals surface area contributed by atoms with Crippen LogP contribution in [0.4, 0.5) is 0 Å². The summed E-state index contributed by atoms with van der Waals surface area (Å²) in [5, 5.41) is 9.31. The molecule has 19 heavy (non-hydrogen) atoms. The maximum Gasteiger partial charge on any atom is 0.305 e. The number of carbonyl (C=O) groups is 1. The monoisotopic (exact) mass is 267 g/mol. The SMILES string of the molecule is CC(C)C1CCC(CC(=O)O)(N2CCCCC2)CC1. The van der Waals surface area contributed by atoms with Gasteiger partial charge in [-0.3, -0.25) is 9.69 Å². The van der Waals surface area contributed by atoms with Crippen LogP contribution in [0.25, 0.3) is 0 Å². The summed E-state index contributed by atoms with van der Waals surface area (Å²) < 4.78 is 0. The number of carboxylic acids is 1. The fraction of sp³-hybridized carbons (Fsp3) is 0.938. The second kappa shape index (κ2) is 6.25. The Hall–Kier alpha value is -0.570. The van der Waals surface area contributed by atoms with E-state index >= 15 is 0 Å². The Balaban J connectivity index is 2.06. The molecule has 1 saturated heterocycles. The molecule has 2 aliphatic rings. The highest BCUT2D eigenvalue weighted by Crippen LogP contribution is 2.42. The second-order valence-electron chi connectivity index (χ2n) is 6.92. The molecule has 0 bridgehead atoms. The molecule has 1 aliphatic heterocycles. The molecule has 2 fully saturated rings. The molecule has 2 rings (SSSR count). The van der Waals surface area contributed by atoms with Gasteiger partial charge < -0.3 is 5.11 Å². The molecule has 0 amide bonds. The van der Waals surface area contributed by atoms with Gasteiger partial charge in [0.25, 0.3) is 0 Å². The van der Waals surface area contributed by atoms with Gasteiger partial charge in [0.2, 0.25) is 0 Å². The van der Waals surface area contributed by atoms with E-state index in [4.69, 9.17) is 0 Å². The molecule has 1 N–H and O–H groups in total. The van der Waals surface area contributed by atoms with Crippen LogP contribution in [0, 0.1) is 11.8 Å². The number of carboxylic acid groups (broad SMARTS) is 1. The zero-order valence-electron chi connectivity index (χ0n) is 12.5. The molecule has 0 aromatic carbocycles. The van der Waals surface area contributed by atoms with Crippen LogP contribution >= 0.6 is 0 Å². The molecular weight excluding hydrogens is 238 g/mol. The van der Waals surface area contributed by atoms with Gasteiger partial charge in [0.15, 0.2) is 0 Å². The summed E-state index contributed by atoms with van der Waals surface area (Å²) in [7, 11) is 0. The fourth-order valence-corrected chi connectivity index (χ4v) is 4.10. The molecule has 0 unspecified atom stereocenters. The fourth-order valence-electron chi connectivity index (χ4n) is 4.10. The minimum Gasteiger partial charge on any atom is -0.481 e. The van der Waals surface area contributed by atoms with Crippen LogP contribution in [-0.4, -0.2) is 34.6 Å². The van der Waals surface area contributed by atoms with Crippen molar-refractivity contribution in [1.29, 1.82) is 0 Å². The Morgan fingerprint density at radius 1 is 1.21 bits per heavy atom. The predicted octanol–water partition coefficient (Wildman–Crippen LogP) is 3.53. The summed E-state index contributed by atoms with van der Waals surface area (Å²) in [5.74, 6) is 0.921. The van der Waals surface area contributed by atoms with E-state index < -0.39 is 5.97 Å². The summed E-state index contributed by atoms with van der Waals surface area (Å²) in [6.45, 7) is 6.82. The van der Waals surface area contributed by atoms with Crippen molar-refractivity contribution in [2.75, 3.05) is 13.1 Å². The van der Waals surface area contributed by atoms with Crippen LogP contribution in [0.2, 0.25) is 0 Å². The largest absolute Gasteiger partial charge is 0.481 e. The molecule has 0 spiro atoms. The molecule has 3 heteroatoms. The first-order valence-corrected chi connectivity index (χ1v) is 8.00. The highest BCUT2D eigenvalue weighted by Gasteiger charge is 2.42. The van der Waals surface area contributed by atoms with Gasteiger partial charge in [0, 0.05) is 5.54 Å². The van der Waals surface area contributed by atoms with Gasteiger partial charge in [-0.25, -0.2) is 0 Å². The maximum absolute atomic E-state index is 11.3. The Bertz CT molecular complexity index is 300. The normalized spacial score (nSPS) is 33.5. The summed E-state index contributed by atoms with van der Waals surface area (Å²) >= 11 is 0. The Morgan fingerprint density at radius 3 is 2.26 bits per heavy atom. The van der Waals surface area contributed by atoms with Gasteiger partial charge in [0.05, 0.1) is 6.42 Å². The van der Waals surface area contributed by atoms with Gasteiger partial charge >= 0.3 is 5.97 Å². The zero-order chi connectivity index (χ0) is 13.9. The molecule has 0 aromatic rings. The van der Waals surface area contributed by atoms with E-state index in [1.54, 1.807) is 0 Å². The molecule has 0 atom stereocenters. The Kier molecular flexibility index (Phi) is 4.88. The molecule has 3 nitrogen and oxygen atoms in total. The summed E-state index contributed by atoms with van der Waals surface area (Å²) in [4.78, 5) is 13.8.